The van der Waals surface area contributed by atoms with Crippen molar-refractivity contribution in [2.45, 2.75) is 0 Å². The SMILES string of the molecule is [P]#[Co].[S]=[Co]. The Morgan fingerprint density at radius 3 is 1.25 bits per heavy atom. The third-order valence-corrected chi connectivity index (χ3v) is 0. The van der Waals surface area contributed by atoms with Crippen molar-refractivity contribution < 1.29 is 28.7 Å². The van der Waals surface area contributed by atoms with Crippen molar-refractivity contribution in [2.24, 2.45) is 0 Å². The average Bonchev–Trinajstić information content (AvgIpc) is 1.50. The normalized spacial score (nSPS) is 2.25. The molecular formula is Co2PS. The van der Waals surface area contributed by atoms with Crippen molar-refractivity contribution in [1.29, 1.82) is 0 Å². The standard InChI is InChI=1S/2Co.P.S. The Hall–Kier alpha value is 1.66. The van der Waals surface area contributed by atoms with Crippen molar-refractivity contribution in [2.75, 3.05) is 0 Å². The van der Waals surface area contributed by atoms with E-state index in [1.807, 2.05) is 0 Å². The third-order valence-electron chi connectivity index (χ3n) is 0. The molecule has 0 aliphatic rings. The predicted molar refractivity (Wildman–Crippen MR) is 14.5 cm³/mol. The summed E-state index contributed by atoms with van der Waals surface area (Å²) >= 11 is 6.40. The number of rotatable bonds is 0. The van der Waals surface area contributed by atoms with E-state index in [9.17, 15) is 0 Å². The summed E-state index contributed by atoms with van der Waals surface area (Å²) in [6, 6.07) is 0. The van der Waals surface area contributed by atoms with Crippen LogP contribution in [0.4, 0.5) is 0 Å². The molecule has 4 heteroatoms. The summed E-state index contributed by atoms with van der Waals surface area (Å²) in [5, 5.41) is 0. The molecule has 0 unspecified atom stereocenters. The van der Waals surface area contributed by atoms with Crippen molar-refractivity contribution in [3.8, 4) is 0 Å². The van der Waals surface area contributed by atoms with Crippen LogP contribution in [0.15, 0.2) is 0 Å². The molecule has 0 aliphatic carbocycles. The van der Waals surface area contributed by atoms with Crippen LogP contribution < -0.4 is 0 Å². The van der Waals surface area contributed by atoms with E-state index in [0.29, 0.717) is 0 Å². The van der Waals surface area contributed by atoms with Gasteiger partial charge < -0.3 is 0 Å². The second-order valence-electron chi connectivity index (χ2n) is 0. The van der Waals surface area contributed by atoms with Crippen molar-refractivity contribution in [3.05, 3.63) is 0 Å². The molecule has 0 saturated heterocycles. The summed E-state index contributed by atoms with van der Waals surface area (Å²) in [5.74, 6) is 0. The molecule has 0 saturated carbocycles. The zero-order valence-electron chi connectivity index (χ0n) is 1.52. The fourth-order valence-corrected chi connectivity index (χ4v) is 0. The Labute approximate surface area is 46.7 Å². The van der Waals surface area contributed by atoms with Crippen molar-refractivity contribution >= 4 is 17.9 Å². The van der Waals surface area contributed by atoms with E-state index in [1.54, 1.807) is 0 Å². The Morgan fingerprint density at radius 1 is 1.25 bits per heavy atom. The monoisotopic (exact) mass is 181 g/mol. The molecule has 0 aliphatic heterocycles. The van der Waals surface area contributed by atoms with Crippen LogP contribution >= 0.6 is 17.9 Å². The summed E-state index contributed by atoms with van der Waals surface area (Å²) in [6.07, 6.45) is 0. The van der Waals surface area contributed by atoms with Gasteiger partial charge in [0.05, 0.1) is 0 Å². The summed E-state index contributed by atoms with van der Waals surface area (Å²) in [4.78, 5) is 0. The van der Waals surface area contributed by atoms with Crippen LogP contribution in [0.2, 0.25) is 0 Å². The van der Waals surface area contributed by atoms with Crippen LogP contribution in [-0.2, 0) is 28.7 Å². The van der Waals surface area contributed by atoms with Crippen LogP contribution in [0.3, 0.4) is 0 Å². The Bertz CT molecular complexity index is 17.2. The van der Waals surface area contributed by atoms with Gasteiger partial charge in [-0.2, -0.15) is 0 Å². The molecule has 0 nitrogen and oxygen atoms in total. The molecule has 29 valence electrons. The van der Waals surface area contributed by atoms with Crippen LogP contribution in [0, 0.1) is 0 Å². The molecule has 4 heavy (non-hydrogen) atoms. The van der Waals surface area contributed by atoms with Gasteiger partial charge in [-0.15, -0.1) is 0 Å². The average molecular weight is 181 g/mol. The molecule has 0 aromatic heterocycles. The Morgan fingerprint density at radius 2 is 1.25 bits per heavy atom. The van der Waals surface area contributed by atoms with Gasteiger partial charge in [-0.25, -0.2) is 0 Å². The molecule has 0 fully saturated rings. The molecule has 0 rings (SSSR count). The van der Waals surface area contributed by atoms with Gasteiger partial charge in [0.1, 0.15) is 0 Å². The van der Waals surface area contributed by atoms with Gasteiger partial charge in [-0.1, -0.05) is 0 Å². The zero-order valence-corrected chi connectivity index (χ0v) is 5.32. The van der Waals surface area contributed by atoms with Gasteiger partial charge in [-0.3, -0.25) is 0 Å². The Balaban J connectivity index is 0. The van der Waals surface area contributed by atoms with Gasteiger partial charge >= 0.3 is 46.7 Å². The van der Waals surface area contributed by atoms with Gasteiger partial charge in [0.15, 0.2) is 0 Å². The molecule has 0 atom stereocenters. The summed E-state index contributed by atoms with van der Waals surface area (Å²) in [7, 11) is 6.99. The summed E-state index contributed by atoms with van der Waals surface area (Å²) in [5.41, 5.74) is 0. The zero-order chi connectivity index (χ0) is 4.00. The van der Waals surface area contributed by atoms with Crippen LogP contribution in [0.25, 0.3) is 0 Å². The van der Waals surface area contributed by atoms with Crippen molar-refractivity contribution in [3.63, 3.8) is 0 Å². The minimum atomic E-state index is 3.15. The minimum absolute atomic E-state index is 3.15. The second-order valence-corrected chi connectivity index (χ2v) is 0. The molecule has 0 spiro atoms. The van der Waals surface area contributed by atoms with Crippen molar-refractivity contribution in [1.82, 2.24) is 0 Å². The van der Waals surface area contributed by atoms with E-state index in [-0.39, 0.29) is 0 Å². The van der Waals surface area contributed by atoms with E-state index in [2.05, 4.69) is 46.7 Å². The number of hydrogen-bond acceptors (Lipinski definition) is 1. The van der Waals surface area contributed by atoms with Gasteiger partial charge in [-0.05, 0) is 0 Å². The quantitative estimate of drug-likeness (QED) is 0.510. The van der Waals surface area contributed by atoms with E-state index < -0.39 is 0 Å². The third kappa shape index (κ3) is 9.39. The first-order valence-electron chi connectivity index (χ1n) is 0.285. The van der Waals surface area contributed by atoms with Crippen LogP contribution in [0.5, 0.6) is 0 Å². The molecule has 0 radical (unpaired) electrons. The van der Waals surface area contributed by atoms with Gasteiger partial charge in [0.25, 0.3) is 0 Å². The summed E-state index contributed by atoms with van der Waals surface area (Å²) < 4.78 is 0. The number of hydrogen-bond donors (Lipinski definition) is 0. The fourth-order valence-electron chi connectivity index (χ4n) is 0. The molecule has 0 bridgehead atoms. The van der Waals surface area contributed by atoms with E-state index in [4.69, 9.17) is 0 Å². The molecule has 0 aromatic carbocycles. The maximum atomic E-state index is 3.77. The van der Waals surface area contributed by atoms with E-state index in [0.717, 1.165) is 0 Å². The molecular weight excluding hydrogens is 181 g/mol. The van der Waals surface area contributed by atoms with E-state index >= 15 is 0 Å². The molecule has 0 aromatic rings. The predicted octanol–water partition coefficient (Wildman–Crippen LogP) is 1.50. The maximum absolute atomic E-state index is 3.77. The first-order valence-corrected chi connectivity index (χ1v) is 3.53. The second kappa shape index (κ2) is 22.6. The van der Waals surface area contributed by atoms with Crippen LogP contribution in [-0.4, -0.2) is 0 Å². The topological polar surface area (TPSA) is 0 Å². The van der Waals surface area contributed by atoms with Gasteiger partial charge in [0.2, 0.25) is 0 Å². The molecule has 0 amide bonds. The van der Waals surface area contributed by atoms with Gasteiger partial charge in [0, 0.05) is 0 Å². The first-order chi connectivity index (χ1) is 2.00. The summed E-state index contributed by atoms with van der Waals surface area (Å²) in [6.45, 7) is 0. The van der Waals surface area contributed by atoms with Crippen LogP contribution in [0.1, 0.15) is 0 Å². The molecule has 0 heterocycles. The molecule has 0 N–H and O–H groups in total. The van der Waals surface area contributed by atoms with E-state index in [1.165, 1.54) is 0 Å². The fraction of sp³-hybridized carbons (Fsp3) is 0. The Kier molecular flexibility index (Phi) is 51.9. The first kappa shape index (κ1) is 9.18.